The molecule has 0 bridgehead atoms. The maximum Gasteiger partial charge on any atom is 0.242 e. The van der Waals surface area contributed by atoms with Gasteiger partial charge >= 0.3 is 0 Å². The van der Waals surface area contributed by atoms with Gasteiger partial charge in [-0.15, -0.1) is 0 Å². The first-order valence-electron chi connectivity index (χ1n) is 8.73. The number of para-hydroxylation sites is 1. The number of halogens is 1. The molecule has 29 heavy (non-hydrogen) atoms. The van der Waals surface area contributed by atoms with Crippen molar-refractivity contribution in [1.29, 1.82) is 0 Å². The number of nitrogens with one attached hydrogen (secondary N) is 4. The second kappa shape index (κ2) is 8.84. The zero-order valence-corrected chi connectivity index (χ0v) is 16.1. The van der Waals surface area contributed by atoms with Gasteiger partial charge in [-0.3, -0.25) is 20.4 Å². The Bertz CT molecular complexity index is 1130. The highest BCUT2D eigenvalue weighted by atomic mass is 32.2. The van der Waals surface area contributed by atoms with Crippen LogP contribution in [0.25, 0.3) is 10.9 Å². The summed E-state index contributed by atoms with van der Waals surface area (Å²) in [5.74, 6) is -1.51. The molecule has 1 aromatic heterocycles. The second-order valence-electron chi connectivity index (χ2n) is 6.23. The van der Waals surface area contributed by atoms with Crippen LogP contribution >= 0.6 is 0 Å². The maximum atomic E-state index is 12.9. The van der Waals surface area contributed by atoms with E-state index in [1.54, 1.807) is 6.20 Å². The number of sulfonamides is 1. The first kappa shape index (κ1) is 20.5. The van der Waals surface area contributed by atoms with Crippen LogP contribution in [0.4, 0.5) is 4.39 Å². The van der Waals surface area contributed by atoms with Crippen molar-refractivity contribution in [3.63, 3.8) is 0 Å². The summed E-state index contributed by atoms with van der Waals surface area (Å²) < 4.78 is 39.2. The number of hydrogen-bond acceptors (Lipinski definition) is 4. The molecule has 1 heterocycles. The van der Waals surface area contributed by atoms with Crippen molar-refractivity contribution in [1.82, 2.24) is 20.6 Å². The van der Waals surface area contributed by atoms with Crippen molar-refractivity contribution < 1.29 is 22.4 Å². The third kappa shape index (κ3) is 5.39. The van der Waals surface area contributed by atoms with E-state index in [1.165, 1.54) is 0 Å². The standard InChI is InChI=1S/C19H19FN4O4S/c20-14-5-7-15(8-6-14)29(27,28)22-10-9-18(25)23-24-19(26)11-13-12-21-17-4-2-1-3-16(13)17/h1-8,12,21-22H,9-11H2,(H,23,25)(H,24,26). The van der Waals surface area contributed by atoms with E-state index in [4.69, 9.17) is 0 Å². The normalized spacial score (nSPS) is 11.3. The molecule has 0 saturated carbocycles. The molecule has 0 fully saturated rings. The number of H-pyrrole nitrogens is 1. The van der Waals surface area contributed by atoms with Crippen LogP contribution in [-0.4, -0.2) is 31.8 Å². The molecule has 8 nitrogen and oxygen atoms in total. The van der Waals surface area contributed by atoms with Gasteiger partial charge < -0.3 is 4.98 Å². The monoisotopic (exact) mass is 418 g/mol. The molecule has 0 atom stereocenters. The second-order valence-corrected chi connectivity index (χ2v) is 8.00. The predicted molar refractivity (Wildman–Crippen MR) is 104 cm³/mol. The molecule has 152 valence electrons. The van der Waals surface area contributed by atoms with Crippen LogP contribution in [0.5, 0.6) is 0 Å². The smallest absolute Gasteiger partial charge is 0.242 e. The minimum absolute atomic E-state index is 0.0709. The fraction of sp³-hybridized carbons (Fsp3) is 0.158. The van der Waals surface area contributed by atoms with Crippen LogP contribution in [-0.2, 0) is 26.0 Å². The first-order valence-corrected chi connectivity index (χ1v) is 10.2. The van der Waals surface area contributed by atoms with E-state index in [0.29, 0.717) is 0 Å². The highest BCUT2D eigenvalue weighted by molar-refractivity contribution is 7.89. The van der Waals surface area contributed by atoms with Gasteiger partial charge in [0.05, 0.1) is 11.3 Å². The molecular formula is C19H19FN4O4S. The van der Waals surface area contributed by atoms with Crippen LogP contribution in [0.15, 0.2) is 59.6 Å². The lowest BCUT2D eigenvalue weighted by Crippen LogP contribution is -2.43. The number of hydrazine groups is 1. The van der Waals surface area contributed by atoms with Gasteiger partial charge in [0.1, 0.15) is 5.82 Å². The number of fused-ring (bicyclic) bond motifs is 1. The molecule has 0 aliphatic rings. The molecule has 10 heteroatoms. The average molecular weight is 418 g/mol. The SMILES string of the molecule is O=C(CCNS(=O)(=O)c1ccc(F)cc1)NNC(=O)Cc1c[nH]c2ccccc12. The van der Waals surface area contributed by atoms with Crippen molar-refractivity contribution in [3.05, 3.63) is 66.1 Å². The number of carbonyl (C=O) groups excluding carboxylic acids is 2. The number of hydrogen-bond donors (Lipinski definition) is 4. The molecule has 0 aliphatic heterocycles. The minimum Gasteiger partial charge on any atom is -0.361 e. The Kier molecular flexibility index (Phi) is 6.25. The number of rotatable bonds is 7. The zero-order chi connectivity index (χ0) is 20.9. The molecule has 0 aliphatic carbocycles. The van der Waals surface area contributed by atoms with E-state index in [2.05, 4.69) is 20.6 Å². The van der Waals surface area contributed by atoms with Crippen molar-refractivity contribution in [3.8, 4) is 0 Å². The highest BCUT2D eigenvalue weighted by Gasteiger charge is 2.14. The van der Waals surface area contributed by atoms with E-state index in [-0.39, 0.29) is 24.3 Å². The number of aromatic nitrogens is 1. The van der Waals surface area contributed by atoms with Crippen LogP contribution in [0.2, 0.25) is 0 Å². The Hall–Kier alpha value is -3.24. The van der Waals surface area contributed by atoms with E-state index in [9.17, 15) is 22.4 Å². The first-order chi connectivity index (χ1) is 13.8. The van der Waals surface area contributed by atoms with E-state index < -0.39 is 27.7 Å². The zero-order valence-electron chi connectivity index (χ0n) is 15.2. The van der Waals surface area contributed by atoms with Crippen LogP contribution in [0, 0.1) is 5.82 Å². The van der Waals surface area contributed by atoms with Crippen molar-refractivity contribution in [2.24, 2.45) is 0 Å². The summed E-state index contributed by atoms with van der Waals surface area (Å²) >= 11 is 0. The summed E-state index contributed by atoms with van der Waals surface area (Å²) in [7, 11) is -3.85. The molecule has 3 rings (SSSR count). The largest absolute Gasteiger partial charge is 0.361 e. The Morgan fingerprint density at radius 3 is 2.41 bits per heavy atom. The van der Waals surface area contributed by atoms with Crippen LogP contribution in [0.3, 0.4) is 0 Å². The summed E-state index contributed by atoms with van der Waals surface area (Å²) in [6, 6.07) is 11.9. The highest BCUT2D eigenvalue weighted by Crippen LogP contribution is 2.17. The van der Waals surface area contributed by atoms with Gasteiger partial charge in [-0.25, -0.2) is 17.5 Å². The van der Waals surface area contributed by atoms with Crippen LogP contribution in [0.1, 0.15) is 12.0 Å². The fourth-order valence-corrected chi connectivity index (χ4v) is 3.72. The molecule has 0 spiro atoms. The van der Waals surface area contributed by atoms with Gasteiger partial charge in [0.2, 0.25) is 21.8 Å². The molecular weight excluding hydrogens is 399 g/mol. The van der Waals surface area contributed by atoms with E-state index in [0.717, 1.165) is 40.7 Å². The summed E-state index contributed by atoms with van der Waals surface area (Å²) in [6.07, 6.45) is 1.62. The Labute approximate surface area is 166 Å². The maximum absolute atomic E-state index is 12.9. The van der Waals surface area contributed by atoms with Gasteiger partial charge in [0, 0.05) is 30.1 Å². The Balaban J connectivity index is 1.42. The summed E-state index contributed by atoms with van der Waals surface area (Å²) in [5, 5.41) is 0.921. The van der Waals surface area contributed by atoms with Crippen molar-refractivity contribution in [2.45, 2.75) is 17.7 Å². The predicted octanol–water partition coefficient (Wildman–Crippen LogP) is 1.37. The number of benzene rings is 2. The van der Waals surface area contributed by atoms with Gasteiger partial charge in [-0.2, -0.15) is 0 Å². The minimum atomic E-state index is -3.85. The average Bonchev–Trinajstić information content (AvgIpc) is 3.09. The van der Waals surface area contributed by atoms with E-state index in [1.807, 2.05) is 24.3 Å². The third-order valence-electron chi connectivity index (χ3n) is 4.14. The lowest BCUT2D eigenvalue weighted by molar-refractivity contribution is -0.128. The molecule has 0 saturated heterocycles. The fourth-order valence-electron chi connectivity index (χ4n) is 2.69. The molecule has 2 aromatic carbocycles. The van der Waals surface area contributed by atoms with Crippen molar-refractivity contribution in [2.75, 3.05) is 6.54 Å². The van der Waals surface area contributed by atoms with Gasteiger partial charge in [0.25, 0.3) is 0 Å². The molecule has 0 unspecified atom stereocenters. The lowest BCUT2D eigenvalue weighted by atomic mass is 10.1. The molecule has 2 amide bonds. The van der Waals surface area contributed by atoms with E-state index >= 15 is 0 Å². The molecule has 3 aromatic rings. The lowest BCUT2D eigenvalue weighted by Gasteiger charge is -2.09. The number of carbonyl (C=O) groups is 2. The summed E-state index contributed by atoms with van der Waals surface area (Å²) in [5.41, 5.74) is 6.24. The topological polar surface area (TPSA) is 120 Å². The summed E-state index contributed by atoms with van der Waals surface area (Å²) in [6.45, 7) is -0.177. The quantitative estimate of drug-likeness (QED) is 0.433. The van der Waals surface area contributed by atoms with Crippen molar-refractivity contribution >= 4 is 32.7 Å². The number of aromatic amines is 1. The van der Waals surface area contributed by atoms with Gasteiger partial charge in [-0.1, -0.05) is 18.2 Å². The number of amides is 2. The van der Waals surface area contributed by atoms with Gasteiger partial charge in [-0.05, 0) is 35.9 Å². The Morgan fingerprint density at radius 2 is 1.66 bits per heavy atom. The molecule has 4 N–H and O–H groups in total. The summed E-state index contributed by atoms with van der Waals surface area (Å²) in [4.78, 5) is 26.8. The van der Waals surface area contributed by atoms with Crippen LogP contribution < -0.4 is 15.6 Å². The molecule has 0 radical (unpaired) electrons. The third-order valence-corrected chi connectivity index (χ3v) is 5.61. The van der Waals surface area contributed by atoms with Gasteiger partial charge in [0.15, 0.2) is 0 Å². The Morgan fingerprint density at radius 1 is 0.966 bits per heavy atom.